The molecule has 0 aliphatic rings. The van der Waals surface area contributed by atoms with Crippen molar-refractivity contribution in [3.63, 3.8) is 0 Å². The summed E-state index contributed by atoms with van der Waals surface area (Å²) in [5.41, 5.74) is 0.716. The van der Waals surface area contributed by atoms with E-state index in [9.17, 15) is 9.50 Å². The monoisotopic (exact) mass is 180 g/mol. The Kier molecular flexibility index (Phi) is 3.20. The molecule has 0 amide bonds. The Morgan fingerprint density at radius 2 is 1.92 bits per heavy atom. The van der Waals surface area contributed by atoms with Gasteiger partial charge in [0.15, 0.2) is 0 Å². The molecular formula is C11H13FO. The molecule has 1 aromatic carbocycles. The summed E-state index contributed by atoms with van der Waals surface area (Å²) in [4.78, 5) is 0. The van der Waals surface area contributed by atoms with Crippen LogP contribution in [-0.2, 0) is 0 Å². The molecule has 1 N–H and O–H groups in total. The van der Waals surface area contributed by atoms with Gasteiger partial charge in [-0.05, 0) is 17.7 Å². The first kappa shape index (κ1) is 9.93. The van der Waals surface area contributed by atoms with Crippen LogP contribution in [0, 0.1) is 11.7 Å². The molecule has 2 heteroatoms. The Morgan fingerprint density at radius 1 is 1.38 bits per heavy atom. The predicted octanol–water partition coefficient (Wildman–Crippen LogP) is 2.68. The van der Waals surface area contributed by atoms with Gasteiger partial charge in [0.25, 0.3) is 0 Å². The van der Waals surface area contributed by atoms with E-state index >= 15 is 0 Å². The Labute approximate surface area is 77.5 Å². The fourth-order valence-electron chi connectivity index (χ4n) is 1.09. The van der Waals surface area contributed by atoms with E-state index in [1.165, 1.54) is 12.1 Å². The third kappa shape index (κ3) is 2.39. The van der Waals surface area contributed by atoms with Gasteiger partial charge in [0.1, 0.15) is 5.82 Å². The van der Waals surface area contributed by atoms with Crippen LogP contribution in [0.2, 0.25) is 0 Å². The van der Waals surface area contributed by atoms with Gasteiger partial charge in [0.2, 0.25) is 0 Å². The van der Waals surface area contributed by atoms with E-state index in [2.05, 4.69) is 6.58 Å². The topological polar surface area (TPSA) is 20.2 Å². The van der Waals surface area contributed by atoms with Gasteiger partial charge in [-0.25, -0.2) is 4.39 Å². The van der Waals surface area contributed by atoms with Gasteiger partial charge in [-0.2, -0.15) is 0 Å². The van der Waals surface area contributed by atoms with Crippen molar-refractivity contribution in [2.75, 3.05) is 0 Å². The Balaban J connectivity index is 2.82. The number of halogens is 1. The van der Waals surface area contributed by atoms with Gasteiger partial charge in [0, 0.05) is 5.92 Å². The molecule has 0 radical (unpaired) electrons. The highest BCUT2D eigenvalue weighted by atomic mass is 19.1. The zero-order chi connectivity index (χ0) is 9.84. The Hall–Kier alpha value is -1.15. The summed E-state index contributed by atoms with van der Waals surface area (Å²) in [5, 5.41) is 9.69. The highest BCUT2D eigenvalue weighted by Gasteiger charge is 2.12. The summed E-state index contributed by atoms with van der Waals surface area (Å²) >= 11 is 0. The molecule has 1 aromatic rings. The minimum absolute atomic E-state index is 0.0227. The van der Waals surface area contributed by atoms with Crippen LogP contribution < -0.4 is 0 Å². The van der Waals surface area contributed by atoms with Gasteiger partial charge in [0.05, 0.1) is 6.10 Å². The van der Waals surface area contributed by atoms with Crippen LogP contribution in [0.5, 0.6) is 0 Å². The highest BCUT2D eigenvalue weighted by molar-refractivity contribution is 5.19. The van der Waals surface area contributed by atoms with Crippen LogP contribution in [0.15, 0.2) is 36.9 Å². The first-order valence-electron chi connectivity index (χ1n) is 4.21. The quantitative estimate of drug-likeness (QED) is 0.709. The van der Waals surface area contributed by atoms with Gasteiger partial charge < -0.3 is 5.11 Å². The molecule has 0 bridgehead atoms. The number of rotatable bonds is 3. The molecule has 0 unspecified atom stereocenters. The number of hydrogen-bond acceptors (Lipinski definition) is 1. The maximum absolute atomic E-state index is 12.5. The van der Waals surface area contributed by atoms with Crippen molar-refractivity contribution in [3.8, 4) is 0 Å². The number of hydrogen-bond donors (Lipinski definition) is 1. The molecule has 0 aromatic heterocycles. The van der Waals surface area contributed by atoms with Crippen molar-refractivity contribution < 1.29 is 9.50 Å². The standard InChI is InChI=1S/C11H13FO/c1-3-8(2)11(13)9-4-6-10(12)7-5-9/h3-8,11,13H,1H2,2H3/t8-,11+/m1/s1. The van der Waals surface area contributed by atoms with Crippen molar-refractivity contribution in [1.29, 1.82) is 0 Å². The van der Waals surface area contributed by atoms with E-state index < -0.39 is 6.10 Å². The lowest BCUT2D eigenvalue weighted by molar-refractivity contribution is 0.140. The van der Waals surface area contributed by atoms with Gasteiger partial charge in [-0.3, -0.25) is 0 Å². The fraction of sp³-hybridized carbons (Fsp3) is 0.273. The molecule has 0 saturated carbocycles. The van der Waals surface area contributed by atoms with E-state index in [4.69, 9.17) is 0 Å². The van der Waals surface area contributed by atoms with Crippen LogP contribution in [0.4, 0.5) is 4.39 Å². The first-order valence-corrected chi connectivity index (χ1v) is 4.21. The minimum Gasteiger partial charge on any atom is -0.388 e. The third-order valence-electron chi connectivity index (χ3n) is 2.08. The van der Waals surface area contributed by atoms with Crippen molar-refractivity contribution in [2.24, 2.45) is 5.92 Å². The molecule has 1 rings (SSSR count). The van der Waals surface area contributed by atoms with Gasteiger partial charge in [-0.1, -0.05) is 25.1 Å². The van der Waals surface area contributed by atoms with Crippen LogP contribution in [0.1, 0.15) is 18.6 Å². The Bertz CT molecular complexity index is 279. The molecule has 2 atom stereocenters. The second-order valence-corrected chi connectivity index (χ2v) is 3.09. The lowest BCUT2D eigenvalue weighted by Crippen LogP contribution is -2.06. The summed E-state index contributed by atoms with van der Waals surface area (Å²) in [5.74, 6) is -0.312. The summed E-state index contributed by atoms with van der Waals surface area (Å²) in [6.45, 7) is 5.45. The molecule has 13 heavy (non-hydrogen) atoms. The first-order chi connectivity index (χ1) is 6.15. The SMILES string of the molecule is C=C[C@@H](C)[C@H](O)c1ccc(F)cc1. The maximum atomic E-state index is 12.5. The van der Waals surface area contributed by atoms with Crippen LogP contribution in [-0.4, -0.2) is 5.11 Å². The number of aliphatic hydroxyl groups is 1. The molecule has 1 nitrogen and oxygen atoms in total. The summed E-state index contributed by atoms with van der Waals surface area (Å²) in [7, 11) is 0. The van der Waals surface area contributed by atoms with Crippen LogP contribution in [0.3, 0.4) is 0 Å². The smallest absolute Gasteiger partial charge is 0.123 e. The lowest BCUT2D eigenvalue weighted by Gasteiger charge is -2.15. The normalized spacial score (nSPS) is 15.0. The van der Waals surface area contributed by atoms with Crippen LogP contribution in [0.25, 0.3) is 0 Å². The number of benzene rings is 1. The molecule has 0 saturated heterocycles. The average molecular weight is 180 g/mol. The zero-order valence-electron chi connectivity index (χ0n) is 7.57. The van der Waals surface area contributed by atoms with E-state index in [-0.39, 0.29) is 11.7 Å². The zero-order valence-corrected chi connectivity index (χ0v) is 7.57. The lowest BCUT2D eigenvalue weighted by atomic mass is 9.98. The van der Waals surface area contributed by atoms with Gasteiger partial charge in [-0.15, -0.1) is 6.58 Å². The number of aliphatic hydroxyl groups excluding tert-OH is 1. The molecule has 0 spiro atoms. The van der Waals surface area contributed by atoms with Crippen molar-refractivity contribution in [3.05, 3.63) is 48.3 Å². The van der Waals surface area contributed by atoms with E-state index in [0.29, 0.717) is 5.56 Å². The second kappa shape index (κ2) is 4.19. The molecule has 0 aliphatic heterocycles. The van der Waals surface area contributed by atoms with E-state index in [1.54, 1.807) is 18.2 Å². The largest absolute Gasteiger partial charge is 0.388 e. The predicted molar refractivity (Wildman–Crippen MR) is 50.7 cm³/mol. The summed E-state index contributed by atoms with van der Waals surface area (Å²) < 4.78 is 12.5. The molecule has 0 heterocycles. The highest BCUT2D eigenvalue weighted by Crippen LogP contribution is 2.22. The second-order valence-electron chi connectivity index (χ2n) is 3.09. The van der Waals surface area contributed by atoms with Crippen molar-refractivity contribution in [1.82, 2.24) is 0 Å². The van der Waals surface area contributed by atoms with Gasteiger partial charge >= 0.3 is 0 Å². The Morgan fingerprint density at radius 3 is 2.38 bits per heavy atom. The van der Waals surface area contributed by atoms with E-state index in [1.807, 2.05) is 6.92 Å². The van der Waals surface area contributed by atoms with Crippen LogP contribution >= 0.6 is 0 Å². The fourth-order valence-corrected chi connectivity index (χ4v) is 1.09. The molecule has 0 aliphatic carbocycles. The average Bonchev–Trinajstić information content (AvgIpc) is 2.17. The minimum atomic E-state index is -0.599. The summed E-state index contributed by atoms with van der Waals surface area (Å²) in [6, 6.07) is 5.85. The van der Waals surface area contributed by atoms with E-state index in [0.717, 1.165) is 0 Å². The van der Waals surface area contributed by atoms with Crippen molar-refractivity contribution >= 4 is 0 Å². The summed E-state index contributed by atoms with van der Waals surface area (Å²) in [6.07, 6.45) is 1.08. The maximum Gasteiger partial charge on any atom is 0.123 e. The third-order valence-corrected chi connectivity index (χ3v) is 2.08. The van der Waals surface area contributed by atoms with Crippen molar-refractivity contribution in [2.45, 2.75) is 13.0 Å². The molecular weight excluding hydrogens is 167 g/mol. The molecule has 0 fully saturated rings. The molecule has 70 valence electrons.